The summed E-state index contributed by atoms with van der Waals surface area (Å²) in [4.78, 5) is 16.1. The van der Waals surface area contributed by atoms with E-state index in [-0.39, 0.29) is 17.4 Å². The summed E-state index contributed by atoms with van der Waals surface area (Å²) in [6.07, 6.45) is 8.96. The lowest BCUT2D eigenvalue weighted by Gasteiger charge is -2.31. The zero-order valence-corrected chi connectivity index (χ0v) is 12.9. The van der Waals surface area contributed by atoms with Crippen LogP contribution >= 0.6 is 0 Å². The van der Waals surface area contributed by atoms with E-state index in [4.69, 9.17) is 5.73 Å². The van der Waals surface area contributed by atoms with Crippen LogP contribution in [0.3, 0.4) is 0 Å². The molecule has 0 aromatic carbocycles. The second-order valence-electron chi connectivity index (χ2n) is 6.34. The number of carbonyl (C=O) groups excluding carboxylic acids is 1. The monoisotopic (exact) mass is 280 g/mol. The van der Waals surface area contributed by atoms with E-state index in [1.807, 2.05) is 10.8 Å². The number of rotatable bonds is 8. The van der Waals surface area contributed by atoms with Gasteiger partial charge < -0.3 is 15.6 Å². The lowest BCUT2D eigenvalue weighted by Crippen LogP contribution is -2.46. The summed E-state index contributed by atoms with van der Waals surface area (Å²) in [6, 6.07) is 0.0960. The molecule has 20 heavy (non-hydrogen) atoms. The molecule has 1 rings (SSSR count). The van der Waals surface area contributed by atoms with Crippen LogP contribution in [0.1, 0.15) is 46.5 Å². The number of nitrogens with zero attached hydrogens (tertiary/aromatic N) is 2. The normalized spacial score (nSPS) is 13.2. The maximum atomic E-state index is 12.0. The molecular formula is C15H28N4O. The predicted molar refractivity (Wildman–Crippen MR) is 81.1 cm³/mol. The molecule has 0 aliphatic carbocycles. The second kappa shape index (κ2) is 8.04. The van der Waals surface area contributed by atoms with E-state index in [1.54, 1.807) is 12.5 Å². The standard InChI is InChI=1S/C15H28N4O/c1-15(2,3)13(11-19-10-9-17-12-19)18-14(20)7-5-4-6-8-16/h9-10,12-13H,4-8,11,16H2,1-3H3,(H,18,20). The van der Waals surface area contributed by atoms with Crippen molar-refractivity contribution in [2.45, 2.75) is 59.0 Å². The average Bonchev–Trinajstić information content (AvgIpc) is 2.86. The van der Waals surface area contributed by atoms with Gasteiger partial charge >= 0.3 is 0 Å². The van der Waals surface area contributed by atoms with Crippen LogP contribution in [0.2, 0.25) is 0 Å². The van der Waals surface area contributed by atoms with Crippen molar-refractivity contribution in [3.8, 4) is 0 Å². The third kappa shape index (κ3) is 6.19. The SMILES string of the molecule is CC(C)(C)C(Cn1ccnc1)NC(=O)CCCCCN. The van der Waals surface area contributed by atoms with Crippen LogP contribution < -0.4 is 11.1 Å². The number of nitrogens with one attached hydrogen (secondary N) is 1. The molecule has 0 bridgehead atoms. The molecule has 0 aliphatic rings. The molecule has 1 aromatic rings. The molecule has 0 fully saturated rings. The Bertz CT molecular complexity index is 381. The first-order valence-electron chi connectivity index (χ1n) is 7.38. The number of amides is 1. The lowest BCUT2D eigenvalue weighted by atomic mass is 9.86. The third-order valence-electron chi connectivity index (χ3n) is 3.44. The Morgan fingerprint density at radius 3 is 2.65 bits per heavy atom. The van der Waals surface area contributed by atoms with Crippen LogP contribution in [-0.4, -0.2) is 28.0 Å². The van der Waals surface area contributed by atoms with Gasteiger partial charge in [-0.2, -0.15) is 0 Å². The highest BCUT2D eigenvalue weighted by Gasteiger charge is 2.26. The molecule has 1 amide bonds. The van der Waals surface area contributed by atoms with E-state index in [0.717, 1.165) is 25.8 Å². The minimum Gasteiger partial charge on any atom is -0.351 e. The number of hydrogen-bond donors (Lipinski definition) is 2. The highest BCUT2D eigenvalue weighted by atomic mass is 16.1. The molecule has 3 N–H and O–H groups in total. The van der Waals surface area contributed by atoms with Gasteiger partial charge in [0.15, 0.2) is 0 Å². The van der Waals surface area contributed by atoms with E-state index in [2.05, 4.69) is 31.1 Å². The summed E-state index contributed by atoms with van der Waals surface area (Å²) in [6.45, 7) is 7.88. The molecule has 1 atom stereocenters. The van der Waals surface area contributed by atoms with Gasteiger partial charge in [0.1, 0.15) is 0 Å². The first-order valence-corrected chi connectivity index (χ1v) is 7.38. The van der Waals surface area contributed by atoms with Gasteiger partial charge in [0.05, 0.1) is 12.4 Å². The molecule has 1 aromatic heterocycles. The molecule has 1 heterocycles. The van der Waals surface area contributed by atoms with Crippen molar-refractivity contribution in [2.75, 3.05) is 6.54 Å². The number of nitrogens with two attached hydrogens (primary N) is 1. The molecule has 5 nitrogen and oxygen atoms in total. The highest BCUT2D eigenvalue weighted by Crippen LogP contribution is 2.21. The Hall–Kier alpha value is -1.36. The number of imidazole rings is 1. The van der Waals surface area contributed by atoms with Gasteiger partial charge in [-0.1, -0.05) is 27.2 Å². The van der Waals surface area contributed by atoms with Crippen molar-refractivity contribution in [2.24, 2.45) is 11.1 Å². The zero-order chi connectivity index (χ0) is 15.0. The van der Waals surface area contributed by atoms with Gasteiger partial charge in [0.2, 0.25) is 5.91 Å². The largest absolute Gasteiger partial charge is 0.351 e. The molecule has 0 saturated heterocycles. The highest BCUT2D eigenvalue weighted by molar-refractivity contribution is 5.76. The molecule has 0 spiro atoms. The Morgan fingerprint density at radius 2 is 2.10 bits per heavy atom. The molecule has 0 aliphatic heterocycles. The number of aromatic nitrogens is 2. The van der Waals surface area contributed by atoms with Crippen molar-refractivity contribution in [3.63, 3.8) is 0 Å². The van der Waals surface area contributed by atoms with Gasteiger partial charge in [0, 0.05) is 25.4 Å². The molecule has 0 radical (unpaired) electrons. The fraction of sp³-hybridized carbons (Fsp3) is 0.733. The van der Waals surface area contributed by atoms with Gasteiger partial charge in [-0.25, -0.2) is 4.98 Å². The Labute approximate surface area is 122 Å². The topological polar surface area (TPSA) is 72.9 Å². The maximum absolute atomic E-state index is 12.0. The minimum atomic E-state index is 0.0111. The molecule has 0 saturated carbocycles. The predicted octanol–water partition coefficient (Wildman–Crippen LogP) is 1.93. The summed E-state index contributed by atoms with van der Waals surface area (Å²) in [7, 11) is 0. The summed E-state index contributed by atoms with van der Waals surface area (Å²) in [5, 5.41) is 3.15. The number of carbonyl (C=O) groups is 1. The summed E-state index contributed by atoms with van der Waals surface area (Å²) >= 11 is 0. The van der Waals surface area contributed by atoms with E-state index >= 15 is 0 Å². The Kier molecular flexibility index (Phi) is 6.71. The third-order valence-corrected chi connectivity index (χ3v) is 3.44. The van der Waals surface area contributed by atoms with Crippen LogP contribution in [0.4, 0.5) is 0 Å². The van der Waals surface area contributed by atoms with E-state index in [1.165, 1.54) is 0 Å². The van der Waals surface area contributed by atoms with Crippen LogP contribution in [0.5, 0.6) is 0 Å². The summed E-state index contributed by atoms with van der Waals surface area (Å²) < 4.78 is 2.00. The lowest BCUT2D eigenvalue weighted by molar-refractivity contribution is -0.122. The van der Waals surface area contributed by atoms with Gasteiger partial charge in [0.25, 0.3) is 0 Å². The van der Waals surface area contributed by atoms with Crippen LogP contribution in [0, 0.1) is 5.41 Å². The van der Waals surface area contributed by atoms with Gasteiger partial charge in [-0.05, 0) is 24.8 Å². The average molecular weight is 280 g/mol. The summed E-state index contributed by atoms with van der Waals surface area (Å²) in [5.74, 6) is 0.127. The molecule has 114 valence electrons. The van der Waals surface area contributed by atoms with Crippen molar-refractivity contribution < 1.29 is 4.79 Å². The molecule has 5 heteroatoms. The smallest absolute Gasteiger partial charge is 0.220 e. The zero-order valence-electron chi connectivity index (χ0n) is 12.9. The second-order valence-corrected chi connectivity index (χ2v) is 6.34. The number of unbranched alkanes of at least 4 members (excludes halogenated alkanes) is 2. The van der Waals surface area contributed by atoms with Crippen molar-refractivity contribution in [3.05, 3.63) is 18.7 Å². The number of hydrogen-bond acceptors (Lipinski definition) is 3. The summed E-state index contributed by atoms with van der Waals surface area (Å²) in [5.41, 5.74) is 5.46. The Balaban J connectivity index is 2.46. The molecule has 1 unspecified atom stereocenters. The minimum absolute atomic E-state index is 0.0111. The van der Waals surface area contributed by atoms with Crippen molar-refractivity contribution in [1.29, 1.82) is 0 Å². The first kappa shape index (κ1) is 16.7. The van der Waals surface area contributed by atoms with Crippen LogP contribution in [0.15, 0.2) is 18.7 Å². The van der Waals surface area contributed by atoms with E-state index < -0.39 is 0 Å². The molecular weight excluding hydrogens is 252 g/mol. The van der Waals surface area contributed by atoms with E-state index in [0.29, 0.717) is 13.0 Å². The van der Waals surface area contributed by atoms with Crippen molar-refractivity contribution >= 4 is 5.91 Å². The Morgan fingerprint density at radius 1 is 1.35 bits per heavy atom. The van der Waals surface area contributed by atoms with Crippen LogP contribution in [0.25, 0.3) is 0 Å². The quantitative estimate of drug-likeness (QED) is 0.715. The first-order chi connectivity index (χ1) is 9.43. The van der Waals surface area contributed by atoms with Crippen LogP contribution in [-0.2, 0) is 11.3 Å². The van der Waals surface area contributed by atoms with Gasteiger partial charge in [-0.3, -0.25) is 4.79 Å². The van der Waals surface area contributed by atoms with Gasteiger partial charge in [-0.15, -0.1) is 0 Å². The fourth-order valence-electron chi connectivity index (χ4n) is 2.01. The maximum Gasteiger partial charge on any atom is 0.220 e. The van der Waals surface area contributed by atoms with E-state index in [9.17, 15) is 4.79 Å². The van der Waals surface area contributed by atoms with Crippen molar-refractivity contribution in [1.82, 2.24) is 14.9 Å². The fourth-order valence-corrected chi connectivity index (χ4v) is 2.01.